The Morgan fingerprint density at radius 3 is 2.00 bits per heavy atom. The molecule has 4 nitrogen and oxygen atoms in total. The van der Waals surface area contributed by atoms with Crippen molar-refractivity contribution in [3.8, 4) is 0 Å². The predicted octanol–water partition coefficient (Wildman–Crippen LogP) is 4.49. The molecular weight excluding hydrogens is 328 g/mol. The maximum absolute atomic E-state index is 10.3. The predicted molar refractivity (Wildman–Crippen MR) is 108 cm³/mol. The summed E-state index contributed by atoms with van der Waals surface area (Å²) in [5, 5.41) is 26.9. The Bertz CT molecular complexity index is 510. The summed E-state index contributed by atoms with van der Waals surface area (Å²) >= 11 is 0. The van der Waals surface area contributed by atoms with E-state index in [-0.39, 0.29) is 13.0 Å². The van der Waals surface area contributed by atoms with Crippen molar-refractivity contribution < 1.29 is 20.1 Å². The zero-order chi connectivity index (χ0) is 19.3. The lowest BCUT2D eigenvalue weighted by Crippen LogP contribution is -1.98. The second kappa shape index (κ2) is 19.2. The fraction of sp³-hybridized carbons (Fsp3) is 0.409. The third-order valence-electron chi connectivity index (χ3n) is 3.26. The highest BCUT2D eigenvalue weighted by molar-refractivity contribution is 5.66. The Kier molecular flexibility index (Phi) is 17.6. The van der Waals surface area contributed by atoms with Crippen molar-refractivity contribution in [2.75, 3.05) is 6.61 Å². The summed E-state index contributed by atoms with van der Waals surface area (Å²) in [6, 6.07) is 0. The van der Waals surface area contributed by atoms with Crippen LogP contribution in [0, 0.1) is 0 Å². The Balaban J connectivity index is 3.71. The Morgan fingerprint density at radius 1 is 0.769 bits per heavy atom. The maximum atomic E-state index is 10.3. The zero-order valence-electron chi connectivity index (χ0n) is 15.4. The number of aliphatic hydroxyl groups is 2. The second-order valence-electron chi connectivity index (χ2n) is 5.65. The third-order valence-corrected chi connectivity index (χ3v) is 3.26. The first kappa shape index (κ1) is 23.8. The number of carboxylic acids is 1. The summed E-state index contributed by atoms with van der Waals surface area (Å²) in [5.74, 6) is -0.768. The number of hydrogen-bond donors (Lipinski definition) is 3. The molecule has 0 aromatic carbocycles. The molecule has 0 heterocycles. The quantitative estimate of drug-likeness (QED) is 0.297. The van der Waals surface area contributed by atoms with Crippen LogP contribution in [-0.2, 0) is 4.79 Å². The van der Waals surface area contributed by atoms with Gasteiger partial charge in [-0.25, -0.2) is 0 Å². The Hall–Kier alpha value is -2.17. The minimum absolute atomic E-state index is 0.179. The van der Waals surface area contributed by atoms with Crippen molar-refractivity contribution in [1.82, 2.24) is 0 Å². The zero-order valence-corrected chi connectivity index (χ0v) is 15.4. The minimum Gasteiger partial charge on any atom is -0.481 e. The van der Waals surface area contributed by atoms with E-state index in [9.17, 15) is 9.90 Å². The van der Waals surface area contributed by atoms with E-state index in [1.165, 1.54) is 0 Å². The first-order valence-corrected chi connectivity index (χ1v) is 9.10. The molecule has 0 fully saturated rings. The molecule has 0 saturated carbocycles. The first-order valence-electron chi connectivity index (χ1n) is 9.10. The molecule has 1 unspecified atom stereocenters. The molecule has 26 heavy (non-hydrogen) atoms. The number of aliphatic carboxylic acids is 1. The van der Waals surface area contributed by atoms with Gasteiger partial charge in [0.05, 0.1) is 6.10 Å². The minimum atomic E-state index is -0.768. The molecule has 0 aliphatic carbocycles. The SMILES string of the molecule is O=C(O)CC/C=C\C/C=C\C/C=C\C=C\C(O)C/C=C\C/C=C\CCO. The van der Waals surface area contributed by atoms with E-state index in [0.717, 1.165) is 19.3 Å². The molecule has 3 N–H and O–H groups in total. The highest BCUT2D eigenvalue weighted by Crippen LogP contribution is 1.99. The third kappa shape index (κ3) is 19.9. The van der Waals surface area contributed by atoms with Gasteiger partial charge in [-0.15, -0.1) is 0 Å². The van der Waals surface area contributed by atoms with Gasteiger partial charge in [0.1, 0.15) is 0 Å². The van der Waals surface area contributed by atoms with Crippen molar-refractivity contribution in [2.45, 2.75) is 51.0 Å². The standard InChI is InChI=1S/C22H32O4/c23-20-16-12-8-7-10-14-18-21(24)17-13-9-5-3-1-2-4-6-11-15-19-22(25)26/h1-2,5-6,8-14,17,21,23-24H,3-4,7,15-16,18-20H2,(H,25,26)/b2-1-,9-5-,11-6-,12-8-,14-10-,17-13+. The van der Waals surface area contributed by atoms with Crippen molar-refractivity contribution in [3.63, 3.8) is 0 Å². The summed E-state index contributed by atoms with van der Waals surface area (Å²) < 4.78 is 0. The number of hydrogen-bond acceptors (Lipinski definition) is 3. The molecule has 0 saturated heterocycles. The van der Waals surface area contributed by atoms with Crippen LogP contribution < -0.4 is 0 Å². The lowest BCUT2D eigenvalue weighted by molar-refractivity contribution is -0.136. The topological polar surface area (TPSA) is 77.8 Å². The fourth-order valence-corrected chi connectivity index (χ4v) is 1.90. The lowest BCUT2D eigenvalue weighted by Gasteiger charge is -1.98. The van der Waals surface area contributed by atoms with Gasteiger partial charge in [-0.3, -0.25) is 4.79 Å². The van der Waals surface area contributed by atoms with Gasteiger partial charge >= 0.3 is 5.97 Å². The average molecular weight is 360 g/mol. The van der Waals surface area contributed by atoms with Crippen LogP contribution in [0.5, 0.6) is 0 Å². The van der Waals surface area contributed by atoms with E-state index in [2.05, 4.69) is 6.08 Å². The monoisotopic (exact) mass is 360 g/mol. The van der Waals surface area contributed by atoms with E-state index in [1.54, 1.807) is 6.08 Å². The van der Waals surface area contributed by atoms with Crippen molar-refractivity contribution in [1.29, 1.82) is 0 Å². The largest absolute Gasteiger partial charge is 0.481 e. The van der Waals surface area contributed by atoms with Gasteiger partial charge in [0, 0.05) is 13.0 Å². The van der Waals surface area contributed by atoms with E-state index in [0.29, 0.717) is 19.3 Å². The number of aliphatic hydroxyl groups excluding tert-OH is 2. The van der Waals surface area contributed by atoms with Gasteiger partial charge in [0.25, 0.3) is 0 Å². The van der Waals surface area contributed by atoms with Crippen LogP contribution in [-0.4, -0.2) is 34.0 Å². The second-order valence-corrected chi connectivity index (χ2v) is 5.65. The highest BCUT2D eigenvalue weighted by atomic mass is 16.4. The molecule has 0 spiro atoms. The molecular formula is C22H32O4. The Labute approximate surface area is 157 Å². The maximum Gasteiger partial charge on any atom is 0.303 e. The van der Waals surface area contributed by atoms with Gasteiger partial charge in [0.2, 0.25) is 0 Å². The van der Waals surface area contributed by atoms with E-state index < -0.39 is 12.1 Å². The molecule has 0 bridgehead atoms. The fourth-order valence-electron chi connectivity index (χ4n) is 1.90. The molecule has 0 aromatic heterocycles. The molecule has 0 radical (unpaired) electrons. The first-order chi connectivity index (χ1) is 12.7. The lowest BCUT2D eigenvalue weighted by atomic mass is 10.2. The van der Waals surface area contributed by atoms with Gasteiger partial charge < -0.3 is 15.3 Å². The molecule has 0 amide bonds. The van der Waals surface area contributed by atoms with Gasteiger partial charge in [-0.2, -0.15) is 0 Å². The number of carbonyl (C=O) groups is 1. The van der Waals surface area contributed by atoms with Crippen molar-refractivity contribution in [3.05, 3.63) is 72.9 Å². The summed E-state index contributed by atoms with van der Waals surface area (Å²) in [5.41, 5.74) is 0. The normalized spacial score (nSPS) is 14.2. The molecule has 1 atom stereocenters. The summed E-state index contributed by atoms with van der Waals surface area (Å²) in [6.07, 6.45) is 27.4. The molecule has 144 valence electrons. The van der Waals surface area contributed by atoms with Gasteiger partial charge in [-0.05, 0) is 38.5 Å². The number of allylic oxidation sites excluding steroid dienone is 9. The van der Waals surface area contributed by atoms with Crippen LogP contribution in [0.4, 0.5) is 0 Å². The van der Waals surface area contributed by atoms with E-state index in [1.807, 2.05) is 60.8 Å². The van der Waals surface area contributed by atoms with Crippen LogP contribution in [0.1, 0.15) is 44.9 Å². The van der Waals surface area contributed by atoms with Crippen molar-refractivity contribution in [2.24, 2.45) is 0 Å². The number of rotatable bonds is 15. The Morgan fingerprint density at radius 2 is 1.35 bits per heavy atom. The van der Waals surface area contributed by atoms with Crippen LogP contribution in [0.2, 0.25) is 0 Å². The smallest absolute Gasteiger partial charge is 0.303 e. The van der Waals surface area contributed by atoms with E-state index in [4.69, 9.17) is 10.2 Å². The average Bonchev–Trinajstić information content (AvgIpc) is 2.61. The molecule has 0 aliphatic heterocycles. The van der Waals surface area contributed by atoms with Crippen LogP contribution in [0.15, 0.2) is 72.9 Å². The van der Waals surface area contributed by atoms with Gasteiger partial charge in [0.15, 0.2) is 0 Å². The van der Waals surface area contributed by atoms with Crippen molar-refractivity contribution >= 4 is 5.97 Å². The molecule has 4 heteroatoms. The van der Waals surface area contributed by atoms with E-state index >= 15 is 0 Å². The summed E-state index contributed by atoms with van der Waals surface area (Å²) in [4.78, 5) is 10.3. The van der Waals surface area contributed by atoms with Gasteiger partial charge in [-0.1, -0.05) is 72.9 Å². The number of carboxylic acid groups (broad SMARTS) is 1. The summed E-state index contributed by atoms with van der Waals surface area (Å²) in [6.45, 7) is 0.179. The highest BCUT2D eigenvalue weighted by Gasteiger charge is 1.92. The molecule has 0 aromatic rings. The molecule has 0 aliphatic rings. The van der Waals surface area contributed by atoms with Crippen LogP contribution >= 0.6 is 0 Å². The van der Waals surface area contributed by atoms with Crippen LogP contribution in [0.25, 0.3) is 0 Å². The summed E-state index contributed by atoms with van der Waals surface area (Å²) in [7, 11) is 0. The van der Waals surface area contributed by atoms with Crippen LogP contribution in [0.3, 0.4) is 0 Å². The molecule has 0 rings (SSSR count).